The molecule has 0 aliphatic heterocycles. The van der Waals surface area contributed by atoms with Crippen LogP contribution in [0.5, 0.6) is 5.75 Å². The minimum Gasteiger partial charge on any atom is -0.550 e. The van der Waals surface area contributed by atoms with Gasteiger partial charge >= 0.3 is 17.1 Å². The summed E-state index contributed by atoms with van der Waals surface area (Å²) in [4.78, 5) is 21.8. The van der Waals surface area contributed by atoms with Gasteiger partial charge in [-0.2, -0.15) is 0 Å². The van der Waals surface area contributed by atoms with E-state index in [4.69, 9.17) is 19.8 Å². The van der Waals surface area contributed by atoms with Crippen molar-refractivity contribution < 1.29 is 42.0 Å². The average Bonchev–Trinajstić information content (AvgIpc) is 2.28. The Morgan fingerprint density at radius 1 is 1.05 bits per heavy atom. The maximum atomic E-state index is 9.31. The number of hydrogen-bond donors (Lipinski definition) is 1. The zero-order valence-electron chi connectivity index (χ0n) is 10.8. The Morgan fingerprint density at radius 2 is 1.50 bits per heavy atom. The van der Waals surface area contributed by atoms with Gasteiger partial charge in [0, 0.05) is 23.5 Å². The van der Waals surface area contributed by atoms with Gasteiger partial charge in [0.2, 0.25) is 0 Å². The Balaban J connectivity index is 0. The van der Waals surface area contributed by atoms with E-state index in [1.165, 1.54) is 0 Å². The van der Waals surface area contributed by atoms with Crippen molar-refractivity contribution in [1.29, 1.82) is 0 Å². The van der Waals surface area contributed by atoms with Gasteiger partial charge in [-0.1, -0.05) is 18.2 Å². The molecule has 0 atom stereocenters. The van der Waals surface area contributed by atoms with E-state index in [0.717, 1.165) is 19.2 Å². The van der Waals surface area contributed by atoms with Crippen LogP contribution in [0.4, 0.5) is 0 Å². The molecule has 0 spiro atoms. The number of fused-ring (bicyclic) bond motifs is 1. The van der Waals surface area contributed by atoms with E-state index >= 15 is 0 Å². The van der Waals surface area contributed by atoms with E-state index in [2.05, 4.69) is 4.98 Å². The van der Waals surface area contributed by atoms with Gasteiger partial charge in [-0.15, -0.1) is 0 Å². The smallest absolute Gasteiger partial charge is 0.550 e. The Kier molecular flexibility index (Phi) is 10.9. The maximum absolute atomic E-state index is 9.31. The molecule has 111 valence electrons. The minimum atomic E-state index is -1.08. The van der Waals surface area contributed by atoms with Gasteiger partial charge in [0.25, 0.3) is 0 Å². The van der Waals surface area contributed by atoms with Gasteiger partial charge < -0.3 is 24.9 Å². The number of hydrogen-bond acceptors (Lipinski definition) is 6. The van der Waals surface area contributed by atoms with Crippen LogP contribution >= 0.6 is 0 Å². The summed E-state index contributed by atoms with van der Waals surface area (Å²) < 4.78 is 0. The van der Waals surface area contributed by atoms with Crippen LogP contribution in [-0.2, 0) is 26.7 Å². The fourth-order valence-electron chi connectivity index (χ4n) is 1.09. The second-order valence-electron chi connectivity index (χ2n) is 3.34. The van der Waals surface area contributed by atoms with E-state index in [-0.39, 0.29) is 22.8 Å². The summed E-state index contributed by atoms with van der Waals surface area (Å²) in [5, 5.41) is 28.1. The van der Waals surface area contributed by atoms with Gasteiger partial charge in [-0.25, -0.2) is 0 Å². The Labute approximate surface area is 126 Å². The van der Waals surface area contributed by atoms with E-state index in [1.54, 1.807) is 18.3 Å². The molecule has 0 aliphatic carbocycles. The first kappa shape index (κ1) is 20.2. The summed E-state index contributed by atoms with van der Waals surface area (Å²) in [5.74, 6) is -1.93. The molecule has 0 aliphatic rings. The van der Waals surface area contributed by atoms with Gasteiger partial charge in [0.1, 0.15) is 11.3 Å². The number of carbonyl (C=O) groups excluding carboxylic acids is 2. The molecule has 6 nitrogen and oxygen atoms in total. The van der Waals surface area contributed by atoms with Crippen molar-refractivity contribution in [3.05, 3.63) is 36.5 Å². The van der Waals surface area contributed by atoms with Gasteiger partial charge in [-0.05, 0) is 26.0 Å². The Hall–Kier alpha value is -2.11. The molecule has 20 heavy (non-hydrogen) atoms. The van der Waals surface area contributed by atoms with Crippen LogP contribution in [0.1, 0.15) is 13.8 Å². The predicted molar refractivity (Wildman–Crippen MR) is 64.8 cm³/mol. The molecule has 0 unspecified atom stereocenters. The molecule has 7 heteroatoms. The number of rotatable bonds is 0. The molecular formula is C13H13CuNO5. The second-order valence-corrected chi connectivity index (χ2v) is 3.34. The average molecular weight is 327 g/mol. The first-order valence-corrected chi connectivity index (χ1v) is 5.22. The maximum Gasteiger partial charge on any atom is 2.00 e. The quantitative estimate of drug-likeness (QED) is 0.650. The van der Waals surface area contributed by atoms with Crippen molar-refractivity contribution >= 4 is 22.8 Å². The van der Waals surface area contributed by atoms with E-state index < -0.39 is 11.9 Å². The van der Waals surface area contributed by atoms with Gasteiger partial charge in [-0.3, -0.25) is 4.98 Å². The van der Waals surface area contributed by atoms with Gasteiger partial charge in [0.05, 0.1) is 0 Å². The van der Waals surface area contributed by atoms with Crippen LogP contribution < -0.4 is 10.2 Å². The number of carbonyl (C=O) groups is 2. The molecule has 1 aromatic carbocycles. The molecule has 0 bridgehead atoms. The summed E-state index contributed by atoms with van der Waals surface area (Å²) in [6.45, 7) is 1.94. The number of phenolic OH excluding ortho intramolecular Hbond substituents is 1. The van der Waals surface area contributed by atoms with Crippen molar-refractivity contribution in [2.75, 3.05) is 0 Å². The third-order valence-corrected chi connectivity index (χ3v) is 1.61. The van der Waals surface area contributed by atoms with Crippen LogP contribution in [0.3, 0.4) is 0 Å². The number of para-hydroxylation sites is 1. The number of aliphatic carboxylic acids is 2. The van der Waals surface area contributed by atoms with Crippen molar-refractivity contribution in [3.63, 3.8) is 0 Å². The number of nitrogens with zero attached hydrogens (tertiary/aromatic N) is 1. The molecular weight excluding hydrogens is 314 g/mol. The summed E-state index contributed by atoms with van der Waals surface area (Å²) in [6.07, 6.45) is 1.67. The molecule has 1 heterocycles. The molecule has 1 radical (unpaired) electrons. The van der Waals surface area contributed by atoms with E-state index in [9.17, 15) is 5.11 Å². The number of carboxylic acid groups (broad SMARTS) is 2. The van der Waals surface area contributed by atoms with Crippen LogP contribution in [0.15, 0.2) is 36.5 Å². The number of pyridine rings is 1. The number of phenols is 1. The third-order valence-electron chi connectivity index (χ3n) is 1.61. The van der Waals surface area contributed by atoms with Crippen LogP contribution in [0.25, 0.3) is 10.9 Å². The van der Waals surface area contributed by atoms with Crippen molar-refractivity contribution in [2.45, 2.75) is 13.8 Å². The summed E-state index contributed by atoms with van der Waals surface area (Å²) in [5.41, 5.74) is 0.662. The molecule has 2 aromatic rings. The topological polar surface area (TPSA) is 113 Å². The fraction of sp³-hybridized carbons (Fsp3) is 0.154. The number of aromatic nitrogens is 1. The van der Waals surface area contributed by atoms with Crippen molar-refractivity contribution in [2.24, 2.45) is 0 Å². The molecule has 0 saturated carbocycles. The van der Waals surface area contributed by atoms with Crippen LogP contribution in [0, 0.1) is 0 Å². The zero-order chi connectivity index (χ0) is 14.8. The first-order chi connectivity index (χ1) is 8.84. The first-order valence-electron chi connectivity index (χ1n) is 5.22. The van der Waals surface area contributed by atoms with Crippen LogP contribution in [-0.4, -0.2) is 22.0 Å². The number of benzene rings is 1. The predicted octanol–water partition coefficient (Wildman–Crippen LogP) is -0.550. The molecule has 1 N–H and O–H groups in total. The normalized spacial score (nSPS) is 8.10. The van der Waals surface area contributed by atoms with E-state index in [0.29, 0.717) is 5.52 Å². The molecule has 0 fully saturated rings. The van der Waals surface area contributed by atoms with Crippen molar-refractivity contribution in [3.8, 4) is 5.75 Å². The number of aromatic hydroxyl groups is 1. The molecule has 0 amide bonds. The Bertz CT molecular complexity index is 534. The largest absolute Gasteiger partial charge is 2.00 e. The van der Waals surface area contributed by atoms with Gasteiger partial charge in [0.15, 0.2) is 0 Å². The summed E-state index contributed by atoms with van der Waals surface area (Å²) in [7, 11) is 0. The number of carboxylic acids is 2. The fourth-order valence-corrected chi connectivity index (χ4v) is 1.09. The summed E-state index contributed by atoms with van der Waals surface area (Å²) in [6, 6.07) is 9.13. The van der Waals surface area contributed by atoms with Crippen molar-refractivity contribution in [1.82, 2.24) is 4.98 Å². The minimum absolute atomic E-state index is 0. The third kappa shape index (κ3) is 9.87. The monoisotopic (exact) mass is 326 g/mol. The second kappa shape index (κ2) is 10.8. The molecule has 2 rings (SSSR count). The zero-order valence-corrected chi connectivity index (χ0v) is 11.7. The van der Waals surface area contributed by atoms with E-state index in [1.807, 2.05) is 18.2 Å². The SMILES string of the molecule is CC(=O)[O-].CC(=O)[O-].Oc1cccc2cccnc12.[Cu+2]. The standard InChI is InChI=1S/C9H7NO.2C2H4O2.Cu/c11-8-5-1-3-7-4-2-6-10-9(7)8;2*1-2(3)4;/h1-6,11H;2*1H3,(H,3,4);/q;;;+2/p-2. The molecule has 0 saturated heterocycles. The Morgan fingerprint density at radius 3 is 1.95 bits per heavy atom. The summed E-state index contributed by atoms with van der Waals surface area (Å²) >= 11 is 0. The van der Waals surface area contributed by atoms with Crippen LogP contribution in [0.2, 0.25) is 0 Å². The molecule has 1 aromatic heterocycles.